The number of aliphatic carboxylic acids is 1. The summed E-state index contributed by atoms with van der Waals surface area (Å²) < 4.78 is 0. The van der Waals surface area contributed by atoms with Crippen LogP contribution in [0.2, 0.25) is 0 Å². The lowest BCUT2D eigenvalue weighted by atomic mass is 9.74. The zero-order chi connectivity index (χ0) is 15.5. The largest absolute Gasteiger partial charge is 0.508 e. The fourth-order valence-electron chi connectivity index (χ4n) is 2.64. The third-order valence-corrected chi connectivity index (χ3v) is 3.88. The number of hydrogen-bond donors (Lipinski definition) is 3. The summed E-state index contributed by atoms with van der Waals surface area (Å²) in [4.78, 5) is 24.8. The molecule has 0 bridgehead atoms. The van der Waals surface area contributed by atoms with E-state index in [4.69, 9.17) is 5.11 Å². The first-order valence-corrected chi connectivity index (χ1v) is 7.06. The summed E-state index contributed by atoms with van der Waals surface area (Å²) in [6.07, 6.45) is 2.23. The highest BCUT2D eigenvalue weighted by atomic mass is 16.4. The van der Waals surface area contributed by atoms with Gasteiger partial charge in [0.25, 0.3) is 0 Å². The van der Waals surface area contributed by atoms with Crippen LogP contribution in [-0.4, -0.2) is 34.3 Å². The molecule has 3 N–H and O–H groups in total. The molecule has 1 saturated carbocycles. The molecule has 1 aliphatic rings. The third-order valence-electron chi connectivity index (χ3n) is 3.88. The van der Waals surface area contributed by atoms with Crippen molar-refractivity contribution in [2.24, 2.45) is 0 Å². The Balaban J connectivity index is 2.11. The summed E-state index contributed by atoms with van der Waals surface area (Å²) in [5, 5.41) is 21.3. The van der Waals surface area contributed by atoms with E-state index in [0.717, 1.165) is 6.42 Å². The van der Waals surface area contributed by atoms with E-state index in [1.54, 1.807) is 12.1 Å². The minimum absolute atomic E-state index is 0.0592. The Labute approximate surface area is 123 Å². The van der Waals surface area contributed by atoms with Gasteiger partial charge in [-0.2, -0.15) is 0 Å². The number of carbonyl (C=O) groups is 2. The summed E-state index contributed by atoms with van der Waals surface area (Å²) >= 11 is 0. The Hall–Kier alpha value is -2.24. The van der Waals surface area contributed by atoms with E-state index in [0.29, 0.717) is 25.1 Å². The number of carboxylic acids is 1. The molecule has 0 atom stereocenters. The van der Waals surface area contributed by atoms with Gasteiger partial charge in [-0.3, -0.25) is 9.69 Å². The Bertz CT molecular complexity index is 540. The number of phenolic OH excluding ortho intramolecular Hbond substituents is 1. The molecule has 1 aromatic rings. The van der Waals surface area contributed by atoms with Gasteiger partial charge in [-0.15, -0.1) is 0 Å². The highest BCUT2D eigenvalue weighted by molar-refractivity contribution is 5.93. The van der Waals surface area contributed by atoms with Crippen LogP contribution in [0.4, 0.5) is 10.5 Å². The third kappa shape index (κ3) is 3.45. The second-order valence-corrected chi connectivity index (χ2v) is 5.40. The Morgan fingerprint density at radius 2 is 2.10 bits per heavy atom. The van der Waals surface area contributed by atoms with E-state index in [9.17, 15) is 14.7 Å². The van der Waals surface area contributed by atoms with Crippen LogP contribution in [-0.2, 0) is 4.79 Å². The first-order valence-electron chi connectivity index (χ1n) is 7.06. The number of hydrogen-bond acceptors (Lipinski definition) is 3. The normalized spacial score (nSPS) is 15.9. The lowest BCUT2D eigenvalue weighted by Crippen LogP contribution is -2.58. The summed E-state index contributed by atoms with van der Waals surface area (Å²) in [6, 6.07) is 6.11. The summed E-state index contributed by atoms with van der Waals surface area (Å²) in [6.45, 7) is 2.26. The average molecular weight is 292 g/mol. The monoisotopic (exact) mass is 292 g/mol. The van der Waals surface area contributed by atoms with Gasteiger partial charge >= 0.3 is 12.0 Å². The number of carbonyl (C=O) groups excluding carboxylic acids is 1. The zero-order valence-electron chi connectivity index (χ0n) is 12.0. The Morgan fingerprint density at radius 1 is 1.38 bits per heavy atom. The number of benzene rings is 1. The molecule has 0 unspecified atom stereocenters. The van der Waals surface area contributed by atoms with Crippen molar-refractivity contribution >= 4 is 17.7 Å². The number of carboxylic acid groups (broad SMARTS) is 1. The lowest BCUT2D eigenvalue weighted by Gasteiger charge is -2.42. The predicted molar refractivity (Wildman–Crippen MR) is 78.5 cm³/mol. The van der Waals surface area contributed by atoms with Crippen molar-refractivity contribution in [3.63, 3.8) is 0 Å². The molecule has 6 heteroatoms. The molecular weight excluding hydrogens is 272 g/mol. The van der Waals surface area contributed by atoms with Gasteiger partial charge < -0.3 is 15.5 Å². The number of phenols is 1. The van der Waals surface area contributed by atoms with Crippen molar-refractivity contribution < 1.29 is 19.8 Å². The number of urea groups is 1. The lowest BCUT2D eigenvalue weighted by molar-refractivity contribution is -0.139. The standard InChI is InChI=1S/C15H20N2O4/c1-2-17(11-5-3-6-12(18)9-11)14(21)16-15(7-4-8-15)10-13(19)20/h3,5-6,9,18H,2,4,7-8,10H2,1H3,(H,16,21)(H,19,20). The van der Waals surface area contributed by atoms with E-state index >= 15 is 0 Å². The fourth-order valence-corrected chi connectivity index (χ4v) is 2.64. The highest BCUT2D eigenvalue weighted by Gasteiger charge is 2.41. The molecule has 2 amide bonds. The van der Waals surface area contributed by atoms with Gasteiger partial charge in [0.2, 0.25) is 0 Å². The predicted octanol–water partition coefficient (Wildman–Crippen LogP) is 2.33. The van der Waals surface area contributed by atoms with Crippen molar-refractivity contribution in [1.29, 1.82) is 0 Å². The highest BCUT2D eigenvalue weighted by Crippen LogP contribution is 2.35. The number of nitrogens with one attached hydrogen (secondary N) is 1. The van der Waals surface area contributed by atoms with Crippen LogP contribution in [0.3, 0.4) is 0 Å². The number of nitrogens with zero attached hydrogens (tertiary/aromatic N) is 1. The molecule has 1 aromatic carbocycles. The summed E-state index contributed by atoms with van der Waals surface area (Å²) in [5.74, 6) is -0.821. The summed E-state index contributed by atoms with van der Waals surface area (Å²) in [7, 11) is 0. The molecule has 0 aromatic heterocycles. The molecule has 0 radical (unpaired) electrons. The van der Waals surface area contributed by atoms with Crippen LogP contribution < -0.4 is 10.2 Å². The number of aromatic hydroxyl groups is 1. The second kappa shape index (κ2) is 6.03. The minimum Gasteiger partial charge on any atom is -0.508 e. The van der Waals surface area contributed by atoms with Gasteiger partial charge in [0, 0.05) is 18.3 Å². The minimum atomic E-state index is -0.907. The van der Waals surface area contributed by atoms with Crippen LogP contribution in [0, 0.1) is 0 Å². The molecular formula is C15H20N2O4. The number of anilines is 1. The van der Waals surface area contributed by atoms with E-state index in [1.165, 1.54) is 17.0 Å². The van der Waals surface area contributed by atoms with Gasteiger partial charge in [-0.1, -0.05) is 6.07 Å². The molecule has 21 heavy (non-hydrogen) atoms. The van der Waals surface area contributed by atoms with Crippen molar-refractivity contribution in [2.75, 3.05) is 11.4 Å². The van der Waals surface area contributed by atoms with Crippen LogP contribution >= 0.6 is 0 Å². The van der Waals surface area contributed by atoms with Gasteiger partial charge in [-0.05, 0) is 38.3 Å². The second-order valence-electron chi connectivity index (χ2n) is 5.40. The van der Waals surface area contributed by atoms with Gasteiger partial charge in [0.15, 0.2) is 0 Å². The summed E-state index contributed by atoms with van der Waals surface area (Å²) in [5.41, 5.74) is -0.0486. The maximum Gasteiger partial charge on any atom is 0.322 e. The Kier molecular flexibility index (Phi) is 4.35. The average Bonchev–Trinajstić information content (AvgIpc) is 2.36. The van der Waals surface area contributed by atoms with Gasteiger partial charge in [0.05, 0.1) is 12.0 Å². The molecule has 0 spiro atoms. The van der Waals surface area contributed by atoms with Crippen molar-refractivity contribution in [2.45, 2.75) is 38.1 Å². The maximum atomic E-state index is 12.4. The molecule has 0 heterocycles. The van der Waals surface area contributed by atoms with Crippen molar-refractivity contribution in [1.82, 2.24) is 5.32 Å². The molecule has 0 saturated heterocycles. The zero-order valence-corrected chi connectivity index (χ0v) is 12.0. The van der Waals surface area contributed by atoms with Crippen LogP contribution in [0.15, 0.2) is 24.3 Å². The van der Waals surface area contributed by atoms with Gasteiger partial charge in [0.1, 0.15) is 5.75 Å². The topological polar surface area (TPSA) is 89.9 Å². The van der Waals surface area contributed by atoms with E-state index in [-0.39, 0.29) is 18.2 Å². The van der Waals surface area contributed by atoms with E-state index < -0.39 is 11.5 Å². The van der Waals surface area contributed by atoms with Crippen LogP contribution in [0.1, 0.15) is 32.6 Å². The number of rotatable bonds is 5. The van der Waals surface area contributed by atoms with E-state index in [1.807, 2.05) is 6.92 Å². The molecule has 114 valence electrons. The number of amides is 2. The molecule has 1 aliphatic carbocycles. The van der Waals surface area contributed by atoms with Crippen molar-refractivity contribution in [3.05, 3.63) is 24.3 Å². The first kappa shape index (κ1) is 15.2. The van der Waals surface area contributed by atoms with E-state index in [2.05, 4.69) is 5.32 Å². The molecule has 2 rings (SSSR count). The molecule has 1 fully saturated rings. The van der Waals surface area contributed by atoms with Gasteiger partial charge in [-0.25, -0.2) is 4.79 Å². The molecule has 0 aliphatic heterocycles. The SMILES string of the molecule is CCN(C(=O)NC1(CC(=O)O)CCC1)c1cccc(O)c1. The fraction of sp³-hybridized carbons (Fsp3) is 0.467. The maximum absolute atomic E-state index is 12.4. The van der Waals surface area contributed by atoms with Crippen LogP contribution in [0.5, 0.6) is 5.75 Å². The first-order chi connectivity index (χ1) is 9.96. The quantitative estimate of drug-likeness (QED) is 0.777. The van der Waals surface area contributed by atoms with Crippen molar-refractivity contribution in [3.8, 4) is 5.75 Å². The van der Waals surface area contributed by atoms with Crippen LogP contribution in [0.25, 0.3) is 0 Å². The Morgan fingerprint density at radius 3 is 2.57 bits per heavy atom. The molecule has 6 nitrogen and oxygen atoms in total. The smallest absolute Gasteiger partial charge is 0.322 e.